The summed E-state index contributed by atoms with van der Waals surface area (Å²) < 4.78 is 6.49. The van der Waals surface area contributed by atoms with E-state index >= 15 is 0 Å². The molecule has 0 aliphatic heterocycles. The molecule has 2 aromatic heterocycles. The maximum atomic E-state index is 12.8. The maximum Gasteiger partial charge on any atom is 0.277 e. The number of carbonyl (C=O) groups excluding carboxylic acids is 1. The van der Waals surface area contributed by atoms with E-state index in [9.17, 15) is 4.79 Å². The number of ether oxygens (including phenoxy) is 1. The third-order valence-corrected chi connectivity index (χ3v) is 5.83. The van der Waals surface area contributed by atoms with Gasteiger partial charge < -0.3 is 4.74 Å². The maximum absolute atomic E-state index is 12.8. The van der Waals surface area contributed by atoms with Gasteiger partial charge in [-0.2, -0.15) is 0 Å². The first-order chi connectivity index (χ1) is 13.1. The molecule has 7 heteroatoms. The molecule has 0 saturated carbocycles. The molecule has 0 aliphatic rings. The van der Waals surface area contributed by atoms with Crippen LogP contribution < -0.4 is 10.1 Å². The van der Waals surface area contributed by atoms with Gasteiger partial charge in [0.2, 0.25) is 0 Å². The monoisotopic (exact) mass is 395 g/mol. The number of nitrogens with one attached hydrogen (secondary N) is 1. The fraction of sp³-hybridized carbons (Fsp3) is 0.150. The van der Waals surface area contributed by atoms with Crippen molar-refractivity contribution in [3.05, 3.63) is 59.2 Å². The number of hydrogen-bond donors (Lipinski definition) is 1. The molecule has 27 heavy (non-hydrogen) atoms. The molecular weight excluding hydrogens is 378 g/mol. The molecule has 0 aliphatic carbocycles. The first-order valence-electron chi connectivity index (χ1n) is 8.51. The Hall–Kier alpha value is -2.77. The van der Waals surface area contributed by atoms with Crippen LogP contribution in [0.3, 0.4) is 0 Å². The zero-order valence-corrected chi connectivity index (χ0v) is 16.5. The predicted molar refractivity (Wildman–Crippen MR) is 111 cm³/mol. The van der Waals surface area contributed by atoms with Crippen molar-refractivity contribution in [1.82, 2.24) is 9.97 Å². The number of fused-ring (bicyclic) bond motifs is 1. The fourth-order valence-electron chi connectivity index (χ4n) is 2.74. The highest BCUT2D eigenvalue weighted by atomic mass is 32.1. The number of aryl methyl sites for hydroxylation is 1. The minimum absolute atomic E-state index is 0.248. The molecule has 0 saturated heterocycles. The van der Waals surface area contributed by atoms with Crippen LogP contribution in [0.2, 0.25) is 0 Å². The SMILES string of the molecule is CCOc1ccc2nc(NC(=O)c3nc(C)sc3-c3ccccc3)sc2c1. The Morgan fingerprint density at radius 2 is 1.93 bits per heavy atom. The van der Waals surface area contributed by atoms with Gasteiger partial charge in [0, 0.05) is 0 Å². The summed E-state index contributed by atoms with van der Waals surface area (Å²) in [6, 6.07) is 15.5. The van der Waals surface area contributed by atoms with Gasteiger partial charge in [-0.15, -0.1) is 11.3 Å². The van der Waals surface area contributed by atoms with E-state index in [0.717, 1.165) is 31.4 Å². The van der Waals surface area contributed by atoms with E-state index in [1.54, 1.807) is 0 Å². The van der Waals surface area contributed by atoms with E-state index in [1.165, 1.54) is 22.7 Å². The van der Waals surface area contributed by atoms with Crippen molar-refractivity contribution in [3.8, 4) is 16.2 Å². The van der Waals surface area contributed by atoms with Crippen molar-refractivity contribution < 1.29 is 9.53 Å². The summed E-state index contributed by atoms with van der Waals surface area (Å²) in [5, 5.41) is 4.30. The van der Waals surface area contributed by atoms with E-state index in [0.29, 0.717) is 17.4 Å². The number of amides is 1. The Kier molecular flexibility index (Phi) is 4.87. The van der Waals surface area contributed by atoms with E-state index in [-0.39, 0.29) is 5.91 Å². The normalized spacial score (nSPS) is 10.9. The summed E-state index contributed by atoms with van der Waals surface area (Å²) in [5.41, 5.74) is 2.24. The fourth-order valence-corrected chi connectivity index (χ4v) is 4.55. The Bertz CT molecular complexity index is 1100. The first kappa shape index (κ1) is 17.6. The molecule has 4 aromatic rings. The van der Waals surface area contributed by atoms with Gasteiger partial charge in [0.15, 0.2) is 5.13 Å². The van der Waals surface area contributed by atoms with Crippen LogP contribution in [0.5, 0.6) is 5.75 Å². The molecule has 1 amide bonds. The largest absolute Gasteiger partial charge is 0.494 e. The number of anilines is 1. The molecule has 0 atom stereocenters. The van der Waals surface area contributed by atoms with Gasteiger partial charge in [-0.3, -0.25) is 10.1 Å². The number of thiazole rings is 2. The van der Waals surface area contributed by atoms with E-state index in [4.69, 9.17) is 4.74 Å². The lowest BCUT2D eigenvalue weighted by Gasteiger charge is -2.02. The number of carbonyl (C=O) groups is 1. The Morgan fingerprint density at radius 3 is 2.70 bits per heavy atom. The van der Waals surface area contributed by atoms with E-state index in [2.05, 4.69) is 15.3 Å². The molecule has 0 unspecified atom stereocenters. The number of rotatable bonds is 5. The lowest BCUT2D eigenvalue weighted by molar-refractivity contribution is 0.102. The molecule has 2 heterocycles. The summed E-state index contributed by atoms with van der Waals surface area (Å²) in [6.07, 6.45) is 0. The molecule has 2 aromatic carbocycles. The van der Waals surface area contributed by atoms with Gasteiger partial charge in [-0.25, -0.2) is 9.97 Å². The second kappa shape index (κ2) is 7.46. The second-order valence-electron chi connectivity index (χ2n) is 5.81. The molecule has 0 bridgehead atoms. The molecule has 136 valence electrons. The van der Waals surface area contributed by atoms with Gasteiger partial charge >= 0.3 is 0 Å². The quantitative estimate of drug-likeness (QED) is 0.493. The van der Waals surface area contributed by atoms with Crippen LogP contribution in [0.25, 0.3) is 20.7 Å². The van der Waals surface area contributed by atoms with Crippen molar-refractivity contribution in [1.29, 1.82) is 0 Å². The summed E-state index contributed by atoms with van der Waals surface area (Å²) in [5.74, 6) is 0.551. The van der Waals surface area contributed by atoms with Crippen LogP contribution in [0, 0.1) is 6.92 Å². The van der Waals surface area contributed by atoms with Gasteiger partial charge in [0.1, 0.15) is 11.4 Å². The highest BCUT2D eigenvalue weighted by molar-refractivity contribution is 7.22. The van der Waals surface area contributed by atoms with Gasteiger partial charge in [0.05, 0.1) is 26.7 Å². The molecule has 1 N–H and O–H groups in total. The van der Waals surface area contributed by atoms with Crippen molar-refractivity contribution in [2.24, 2.45) is 0 Å². The third-order valence-electron chi connectivity index (χ3n) is 3.88. The molecule has 0 spiro atoms. The zero-order chi connectivity index (χ0) is 18.8. The minimum atomic E-state index is -0.248. The van der Waals surface area contributed by atoms with E-state index in [1.807, 2.05) is 62.4 Å². The Morgan fingerprint density at radius 1 is 1.11 bits per heavy atom. The van der Waals surface area contributed by atoms with E-state index < -0.39 is 0 Å². The molecule has 0 fully saturated rings. The number of nitrogens with zero attached hydrogens (tertiary/aromatic N) is 2. The van der Waals surface area contributed by atoms with Crippen LogP contribution in [-0.2, 0) is 0 Å². The van der Waals surface area contributed by atoms with Crippen LogP contribution >= 0.6 is 22.7 Å². The van der Waals surface area contributed by atoms with Gasteiger partial charge in [-0.1, -0.05) is 41.7 Å². The van der Waals surface area contributed by atoms with Crippen LogP contribution in [0.1, 0.15) is 22.4 Å². The van der Waals surface area contributed by atoms with Crippen molar-refractivity contribution in [3.63, 3.8) is 0 Å². The summed E-state index contributed by atoms with van der Waals surface area (Å²) in [7, 11) is 0. The van der Waals surface area contributed by atoms with Gasteiger partial charge in [0.25, 0.3) is 5.91 Å². The Balaban J connectivity index is 1.62. The van der Waals surface area contributed by atoms with Gasteiger partial charge in [-0.05, 0) is 37.6 Å². The van der Waals surface area contributed by atoms with Crippen molar-refractivity contribution in [2.45, 2.75) is 13.8 Å². The molecular formula is C20H17N3O2S2. The van der Waals surface area contributed by atoms with Crippen LogP contribution in [0.15, 0.2) is 48.5 Å². The smallest absolute Gasteiger partial charge is 0.277 e. The van der Waals surface area contributed by atoms with Crippen molar-refractivity contribution in [2.75, 3.05) is 11.9 Å². The highest BCUT2D eigenvalue weighted by Crippen LogP contribution is 2.32. The summed E-state index contributed by atoms with van der Waals surface area (Å²) in [4.78, 5) is 22.6. The molecule has 0 radical (unpaired) electrons. The summed E-state index contributed by atoms with van der Waals surface area (Å²) in [6.45, 7) is 4.46. The topological polar surface area (TPSA) is 64.1 Å². The average molecular weight is 396 g/mol. The standard InChI is InChI=1S/C20H17N3O2S2/c1-3-25-14-9-10-15-16(11-14)27-20(22-15)23-19(24)17-18(26-12(2)21-17)13-7-5-4-6-8-13/h4-11H,3H2,1-2H3,(H,22,23,24). The van der Waals surface area contributed by atoms with Crippen LogP contribution in [-0.4, -0.2) is 22.5 Å². The van der Waals surface area contributed by atoms with Crippen molar-refractivity contribution >= 4 is 43.9 Å². The predicted octanol–water partition coefficient (Wildman–Crippen LogP) is 5.38. The lowest BCUT2D eigenvalue weighted by atomic mass is 10.1. The number of aromatic nitrogens is 2. The Labute approximate surface area is 164 Å². The van der Waals surface area contributed by atoms with Crippen LogP contribution in [0.4, 0.5) is 5.13 Å². The third kappa shape index (κ3) is 3.70. The summed E-state index contributed by atoms with van der Waals surface area (Å²) >= 11 is 2.93. The average Bonchev–Trinajstić information content (AvgIpc) is 3.25. The molecule has 5 nitrogen and oxygen atoms in total. The first-order valence-corrected chi connectivity index (χ1v) is 10.1. The number of hydrogen-bond acceptors (Lipinski definition) is 6. The lowest BCUT2D eigenvalue weighted by Crippen LogP contribution is -2.13. The number of benzene rings is 2. The molecule has 4 rings (SSSR count). The second-order valence-corrected chi connectivity index (χ2v) is 8.05. The highest BCUT2D eigenvalue weighted by Gasteiger charge is 2.19. The zero-order valence-electron chi connectivity index (χ0n) is 14.9. The minimum Gasteiger partial charge on any atom is -0.494 e.